The molecule has 3 nitrogen and oxygen atoms in total. The summed E-state index contributed by atoms with van der Waals surface area (Å²) in [5.41, 5.74) is 6.85. The van der Waals surface area contributed by atoms with Crippen molar-refractivity contribution in [3.8, 4) is 0 Å². The number of hydrogen-bond donors (Lipinski definition) is 2. The van der Waals surface area contributed by atoms with E-state index in [4.69, 9.17) is 5.73 Å². The SMILES string of the molecule is CC(=O)c1ccc(Nc2cc(F)c(Br)cc2F)cc1N. The van der Waals surface area contributed by atoms with Gasteiger partial charge in [0, 0.05) is 23.0 Å². The van der Waals surface area contributed by atoms with Gasteiger partial charge < -0.3 is 11.1 Å². The van der Waals surface area contributed by atoms with E-state index in [1.807, 2.05) is 0 Å². The molecule has 0 heterocycles. The largest absolute Gasteiger partial charge is 0.398 e. The monoisotopic (exact) mass is 340 g/mol. The number of benzene rings is 2. The minimum atomic E-state index is -0.604. The number of Topliss-reactive ketones (excluding diaryl/α,β-unsaturated/α-hetero) is 1. The number of halogens is 3. The molecule has 3 N–H and O–H groups in total. The summed E-state index contributed by atoms with van der Waals surface area (Å²) in [6.45, 7) is 1.41. The van der Waals surface area contributed by atoms with Gasteiger partial charge in [0.05, 0.1) is 10.2 Å². The number of carbonyl (C=O) groups excluding carboxylic acids is 1. The predicted octanol–water partition coefficient (Wildman–Crippen LogP) is 4.26. The topological polar surface area (TPSA) is 55.1 Å². The normalized spacial score (nSPS) is 10.4. The van der Waals surface area contributed by atoms with E-state index >= 15 is 0 Å². The fourth-order valence-electron chi connectivity index (χ4n) is 1.73. The Bertz CT molecular complexity index is 689. The maximum Gasteiger partial charge on any atom is 0.161 e. The van der Waals surface area contributed by atoms with Crippen molar-refractivity contribution in [2.24, 2.45) is 0 Å². The van der Waals surface area contributed by atoms with Crippen LogP contribution in [0.4, 0.5) is 25.8 Å². The molecule has 0 aliphatic heterocycles. The van der Waals surface area contributed by atoms with Gasteiger partial charge in [-0.15, -0.1) is 0 Å². The maximum atomic E-state index is 13.7. The molecule has 0 saturated heterocycles. The predicted molar refractivity (Wildman–Crippen MR) is 78.2 cm³/mol. The third kappa shape index (κ3) is 2.96. The number of anilines is 3. The zero-order chi connectivity index (χ0) is 14.9. The van der Waals surface area contributed by atoms with Crippen LogP contribution in [0.15, 0.2) is 34.8 Å². The Morgan fingerprint density at radius 2 is 1.90 bits per heavy atom. The molecule has 2 aromatic rings. The lowest BCUT2D eigenvalue weighted by molar-refractivity contribution is 0.101. The molecule has 2 rings (SSSR count). The van der Waals surface area contributed by atoms with Crippen LogP contribution in [0.1, 0.15) is 17.3 Å². The van der Waals surface area contributed by atoms with Gasteiger partial charge in [-0.05, 0) is 47.1 Å². The van der Waals surface area contributed by atoms with Crippen molar-refractivity contribution < 1.29 is 13.6 Å². The lowest BCUT2D eigenvalue weighted by atomic mass is 10.1. The quantitative estimate of drug-likeness (QED) is 0.498. The third-order valence-electron chi connectivity index (χ3n) is 2.72. The van der Waals surface area contributed by atoms with Crippen LogP contribution in [0.25, 0.3) is 0 Å². The highest BCUT2D eigenvalue weighted by atomic mass is 79.9. The smallest absolute Gasteiger partial charge is 0.161 e. The molecule has 0 spiro atoms. The van der Waals surface area contributed by atoms with Crippen molar-refractivity contribution in [3.05, 3.63) is 52.0 Å². The molecular weight excluding hydrogens is 330 g/mol. The fourth-order valence-corrected chi connectivity index (χ4v) is 2.05. The maximum absolute atomic E-state index is 13.7. The van der Waals surface area contributed by atoms with Crippen LogP contribution in [0.2, 0.25) is 0 Å². The Morgan fingerprint density at radius 3 is 2.50 bits per heavy atom. The van der Waals surface area contributed by atoms with E-state index in [2.05, 4.69) is 21.2 Å². The van der Waals surface area contributed by atoms with Gasteiger partial charge >= 0.3 is 0 Å². The summed E-state index contributed by atoms with van der Waals surface area (Å²) in [6, 6.07) is 6.68. The molecule has 0 bridgehead atoms. The molecule has 0 aromatic heterocycles. The molecule has 0 saturated carbocycles. The first kappa shape index (κ1) is 14.5. The molecule has 0 aliphatic rings. The number of hydrogen-bond acceptors (Lipinski definition) is 3. The summed E-state index contributed by atoms with van der Waals surface area (Å²) in [6.07, 6.45) is 0. The van der Waals surface area contributed by atoms with Crippen LogP contribution < -0.4 is 11.1 Å². The molecule has 0 fully saturated rings. The van der Waals surface area contributed by atoms with E-state index < -0.39 is 11.6 Å². The van der Waals surface area contributed by atoms with Crippen LogP contribution in [-0.4, -0.2) is 5.78 Å². The number of nitrogens with one attached hydrogen (secondary N) is 1. The minimum absolute atomic E-state index is 0.0133. The van der Waals surface area contributed by atoms with Crippen molar-refractivity contribution in [2.45, 2.75) is 6.92 Å². The molecule has 104 valence electrons. The van der Waals surface area contributed by atoms with Gasteiger partial charge in [-0.2, -0.15) is 0 Å². The first-order valence-electron chi connectivity index (χ1n) is 5.70. The lowest BCUT2D eigenvalue weighted by Crippen LogP contribution is -2.01. The van der Waals surface area contributed by atoms with E-state index in [1.54, 1.807) is 6.07 Å². The first-order chi connectivity index (χ1) is 9.38. The number of ketones is 1. The average Bonchev–Trinajstić information content (AvgIpc) is 2.35. The molecular formula is C14H11BrF2N2O. The molecule has 0 amide bonds. The van der Waals surface area contributed by atoms with Crippen molar-refractivity contribution in [1.29, 1.82) is 0 Å². The number of nitrogen functional groups attached to an aromatic ring is 1. The molecule has 2 aromatic carbocycles. The summed E-state index contributed by atoms with van der Waals surface area (Å²) in [4.78, 5) is 11.3. The second-order valence-corrected chi connectivity index (χ2v) is 5.08. The van der Waals surface area contributed by atoms with Crippen LogP contribution in [0.5, 0.6) is 0 Å². The molecule has 0 radical (unpaired) electrons. The second kappa shape index (κ2) is 5.58. The Balaban J connectivity index is 2.33. The zero-order valence-electron chi connectivity index (χ0n) is 10.5. The zero-order valence-corrected chi connectivity index (χ0v) is 12.1. The van der Waals surface area contributed by atoms with Gasteiger partial charge in [0.1, 0.15) is 11.6 Å². The molecule has 0 atom stereocenters. The van der Waals surface area contributed by atoms with Gasteiger partial charge in [0.2, 0.25) is 0 Å². The standard InChI is InChI=1S/C14H11BrF2N2O/c1-7(20)9-3-2-8(4-13(9)18)19-14-6-11(16)10(15)5-12(14)17/h2-6,19H,18H2,1H3. The van der Waals surface area contributed by atoms with E-state index in [1.165, 1.54) is 19.1 Å². The van der Waals surface area contributed by atoms with Gasteiger partial charge in [-0.25, -0.2) is 8.78 Å². The number of nitrogens with two attached hydrogens (primary N) is 1. The van der Waals surface area contributed by atoms with Crippen molar-refractivity contribution >= 4 is 38.8 Å². The lowest BCUT2D eigenvalue weighted by Gasteiger charge is -2.10. The van der Waals surface area contributed by atoms with E-state index in [-0.39, 0.29) is 21.6 Å². The van der Waals surface area contributed by atoms with Crippen molar-refractivity contribution in [3.63, 3.8) is 0 Å². The Hall–Kier alpha value is -1.95. The minimum Gasteiger partial charge on any atom is -0.398 e. The van der Waals surface area contributed by atoms with Crippen molar-refractivity contribution in [1.82, 2.24) is 0 Å². The average molecular weight is 341 g/mol. The van der Waals surface area contributed by atoms with Gasteiger partial charge in [-0.1, -0.05) is 0 Å². The molecule has 20 heavy (non-hydrogen) atoms. The summed E-state index contributed by atoms with van der Waals surface area (Å²) in [5, 5.41) is 2.72. The first-order valence-corrected chi connectivity index (χ1v) is 6.50. The van der Waals surface area contributed by atoms with Gasteiger partial charge in [-0.3, -0.25) is 4.79 Å². The summed E-state index contributed by atoms with van der Waals surface area (Å²) < 4.78 is 27.1. The van der Waals surface area contributed by atoms with Gasteiger partial charge in [0.15, 0.2) is 5.78 Å². The molecule has 6 heteroatoms. The highest BCUT2D eigenvalue weighted by molar-refractivity contribution is 9.10. The van der Waals surface area contributed by atoms with Crippen LogP contribution >= 0.6 is 15.9 Å². The van der Waals surface area contributed by atoms with E-state index in [0.717, 1.165) is 12.1 Å². The van der Waals surface area contributed by atoms with Gasteiger partial charge in [0.25, 0.3) is 0 Å². The summed E-state index contributed by atoms with van der Waals surface area (Å²) >= 11 is 2.90. The van der Waals surface area contributed by atoms with E-state index in [0.29, 0.717) is 11.3 Å². The Morgan fingerprint density at radius 1 is 1.20 bits per heavy atom. The van der Waals surface area contributed by atoms with E-state index in [9.17, 15) is 13.6 Å². The molecule has 0 aliphatic carbocycles. The van der Waals surface area contributed by atoms with Crippen LogP contribution in [-0.2, 0) is 0 Å². The Labute approximate surface area is 122 Å². The second-order valence-electron chi connectivity index (χ2n) is 4.23. The summed E-state index contributed by atoms with van der Waals surface area (Å²) in [5.74, 6) is -1.34. The molecule has 0 unspecified atom stereocenters. The third-order valence-corrected chi connectivity index (χ3v) is 3.33. The van der Waals surface area contributed by atoms with Crippen LogP contribution in [0, 0.1) is 11.6 Å². The highest BCUT2D eigenvalue weighted by Gasteiger charge is 2.10. The fraction of sp³-hybridized carbons (Fsp3) is 0.0714. The highest BCUT2D eigenvalue weighted by Crippen LogP contribution is 2.27. The summed E-state index contributed by atoms with van der Waals surface area (Å²) in [7, 11) is 0. The number of carbonyl (C=O) groups is 1. The van der Waals surface area contributed by atoms with Crippen molar-refractivity contribution in [2.75, 3.05) is 11.1 Å². The Kier molecular flexibility index (Phi) is 4.04. The number of rotatable bonds is 3. The van der Waals surface area contributed by atoms with Crippen LogP contribution in [0.3, 0.4) is 0 Å².